The molecule has 3 atom stereocenters. The number of carbonyl (C=O) groups is 1. The molecule has 0 aromatic carbocycles. The lowest BCUT2D eigenvalue weighted by Gasteiger charge is -2.21. The molecular formula is C12H25N3O. The average Bonchev–Trinajstić information content (AvgIpc) is 2.61. The van der Waals surface area contributed by atoms with E-state index in [1.807, 2.05) is 0 Å². The van der Waals surface area contributed by atoms with Crippen LogP contribution in [0.2, 0.25) is 0 Å². The summed E-state index contributed by atoms with van der Waals surface area (Å²) in [5, 5.41) is 6.33. The molecule has 2 N–H and O–H groups in total. The molecule has 1 aliphatic rings. The van der Waals surface area contributed by atoms with E-state index in [0.29, 0.717) is 5.92 Å². The van der Waals surface area contributed by atoms with Crippen LogP contribution >= 0.6 is 0 Å². The van der Waals surface area contributed by atoms with Gasteiger partial charge in [-0.1, -0.05) is 6.92 Å². The Hall–Kier alpha value is -0.610. The lowest BCUT2D eigenvalue weighted by atomic mass is 10.0. The lowest BCUT2D eigenvalue weighted by Crippen LogP contribution is -2.47. The third-order valence-corrected chi connectivity index (χ3v) is 3.21. The van der Waals surface area contributed by atoms with Crippen molar-refractivity contribution >= 4 is 5.91 Å². The van der Waals surface area contributed by atoms with Gasteiger partial charge >= 0.3 is 0 Å². The highest BCUT2D eigenvalue weighted by Gasteiger charge is 2.29. The minimum absolute atomic E-state index is 0.0156. The van der Waals surface area contributed by atoms with Gasteiger partial charge in [0, 0.05) is 6.04 Å². The van der Waals surface area contributed by atoms with E-state index in [2.05, 4.69) is 43.5 Å². The fourth-order valence-electron chi connectivity index (χ4n) is 2.04. The standard InChI is InChI=1S/C12H25N3O/c1-9-5-7-13-11(9)12(16)14-10(2)6-8-15(3)4/h9-11,13H,5-8H2,1-4H3,(H,14,16). The summed E-state index contributed by atoms with van der Waals surface area (Å²) in [7, 11) is 4.10. The van der Waals surface area contributed by atoms with Crippen LogP contribution in [0.15, 0.2) is 0 Å². The molecule has 4 nitrogen and oxygen atoms in total. The molecular weight excluding hydrogens is 202 g/mol. The maximum atomic E-state index is 11.9. The van der Waals surface area contributed by atoms with Crippen LogP contribution in [0.25, 0.3) is 0 Å². The number of nitrogens with zero attached hydrogens (tertiary/aromatic N) is 1. The molecule has 1 fully saturated rings. The van der Waals surface area contributed by atoms with Crippen LogP contribution in [-0.2, 0) is 4.79 Å². The maximum absolute atomic E-state index is 11.9. The predicted octanol–water partition coefficient (Wildman–Crippen LogP) is 0.441. The molecule has 0 aliphatic carbocycles. The van der Waals surface area contributed by atoms with Crippen LogP contribution in [-0.4, -0.2) is 50.1 Å². The quantitative estimate of drug-likeness (QED) is 0.716. The first-order valence-corrected chi connectivity index (χ1v) is 6.19. The van der Waals surface area contributed by atoms with E-state index >= 15 is 0 Å². The molecule has 0 spiro atoms. The third-order valence-electron chi connectivity index (χ3n) is 3.21. The number of nitrogens with one attached hydrogen (secondary N) is 2. The van der Waals surface area contributed by atoms with E-state index in [4.69, 9.17) is 0 Å². The summed E-state index contributed by atoms with van der Waals surface area (Å²) in [6, 6.07) is 0.270. The molecule has 4 heteroatoms. The van der Waals surface area contributed by atoms with E-state index < -0.39 is 0 Å². The number of amides is 1. The van der Waals surface area contributed by atoms with Crippen LogP contribution in [0.4, 0.5) is 0 Å². The van der Waals surface area contributed by atoms with Gasteiger partial charge in [-0.25, -0.2) is 0 Å². The zero-order valence-electron chi connectivity index (χ0n) is 10.9. The number of carbonyl (C=O) groups excluding carboxylic acids is 1. The number of hydrogen-bond donors (Lipinski definition) is 2. The Morgan fingerprint density at radius 1 is 1.56 bits per heavy atom. The summed E-state index contributed by atoms with van der Waals surface area (Å²) in [4.78, 5) is 14.1. The largest absolute Gasteiger partial charge is 0.352 e. The summed E-state index contributed by atoms with van der Waals surface area (Å²) in [6.45, 7) is 6.18. The molecule has 0 radical (unpaired) electrons. The highest BCUT2D eigenvalue weighted by atomic mass is 16.2. The second-order valence-corrected chi connectivity index (χ2v) is 5.20. The van der Waals surface area contributed by atoms with Crippen LogP contribution in [0, 0.1) is 5.92 Å². The number of rotatable bonds is 5. The molecule has 0 bridgehead atoms. The van der Waals surface area contributed by atoms with Crippen molar-refractivity contribution in [3.63, 3.8) is 0 Å². The van der Waals surface area contributed by atoms with E-state index in [-0.39, 0.29) is 18.0 Å². The molecule has 0 aromatic rings. The molecule has 1 heterocycles. The predicted molar refractivity (Wildman–Crippen MR) is 66.3 cm³/mol. The van der Waals surface area contributed by atoms with Crippen molar-refractivity contribution in [3.05, 3.63) is 0 Å². The zero-order valence-corrected chi connectivity index (χ0v) is 10.9. The third kappa shape index (κ3) is 4.10. The van der Waals surface area contributed by atoms with Gasteiger partial charge < -0.3 is 15.5 Å². The summed E-state index contributed by atoms with van der Waals surface area (Å²) in [5.74, 6) is 0.623. The molecule has 94 valence electrons. The Bertz CT molecular complexity index is 230. The van der Waals surface area contributed by atoms with E-state index in [0.717, 1.165) is 25.9 Å². The first kappa shape index (κ1) is 13.5. The zero-order chi connectivity index (χ0) is 12.1. The topological polar surface area (TPSA) is 44.4 Å². The summed E-state index contributed by atoms with van der Waals surface area (Å²) in [6.07, 6.45) is 2.10. The van der Waals surface area contributed by atoms with Gasteiger partial charge in [-0.05, 0) is 52.9 Å². The van der Waals surface area contributed by atoms with Gasteiger partial charge in [-0.3, -0.25) is 4.79 Å². The normalized spacial score (nSPS) is 27.1. The van der Waals surface area contributed by atoms with E-state index in [1.165, 1.54) is 0 Å². The van der Waals surface area contributed by atoms with Gasteiger partial charge in [0.2, 0.25) is 5.91 Å². The SMILES string of the molecule is CC(CCN(C)C)NC(=O)C1NCCC1C. The van der Waals surface area contributed by atoms with Crippen molar-refractivity contribution in [2.45, 2.75) is 38.8 Å². The lowest BCUT2D eigenvalue weighted by molar-refractivity contribution is -0.124. The summed E-state index contributed by atoms with van der Waals surface area (Å²) in [5.41, 5.74) is 0. The average molecular weight is 227 g/mol. The van der Waals surface area contributed by atoms with Crippen molar-refractivity contribution in [2.24, 2.45) is 5.92 Å². The monoisotopic (exact) mass is 227 g/mol. The van der Waals surface area contributed by atoms with E-state index in [9.17, 15) is 4.79 Å². The fourth-order valence-corrected chi connectivity index (χ4v) is 2.04. The van der Waals surface area contributed by atoms with Crippen molar-refractivity contribution in [1.29, 1.82) is 0 Å². The van der Waals surface area contributed by atoms with Crippen LogP contribution in [0.5, 0.6) is 0 Å². The van der Waals surface area contributed by atoms with Crippen LogP contribution in [0.1, 0.15) is 26.7 Å². The maximum Gasteiger partial charge on any atom is 0.237 e. The molecule has 0 saturated carbocycles. The van der Waals surface area contributed by atoms with Crippen LogP contribution in [0.3, 0.4) is 0 Å². The Morgan fingerprint density at radius 3 is 2.75 bits per heavy atom. The number of hydrogen-bond acceptors (Lipinski definition) is 3. The van der Waals surface area contributed by atoms with Gasteiger partial charge in [0.1, 0.15) is 0 Å². The molecule has 1 amide bonds. The first-order valence-electron chi connectivity index (χ1n) is 6.19. The van der Waals surface area contributed by atoms with Crippen molar-refractivity contribution in [1.82, 2.24) is 15.5 Å². The summed E-state index contributed by atoms with van der Waals surface area (Å²) >= 11 is 0. The van der Waals surface area contributed by atoms with Gasteiger partial charge in [0.05, 0.1) is 6.04 Å². The minimum atomic E-state index is 0.0156. The molecule has 0 aromatic heterocycles. The Kier molecular flexibility index (Phi) is 5.22. The van der Waals surface area contributed by atoms with Gasteiger partial charge in [0.15, 0.2) is 0 Å². The summed E-state index contributed by atoms with van der Waals surface area (Å²) < 4.78 is 0. The Balaban J connectivity index is 2.27. The molecule has 1 rings (SSSR count). The van der Waals surface area contributed by atoms with E-state index in [1.54, 1.807) is 0 Å². The van der Waals surface area contributed by atoms with Gasteiger partial charge in [-0.2, -0.15) is 0 Å². The second-order valence-electron chi connectivity index (χ2n) is 5.20. The smallest absolute Gasteiger partial charge is 0.237 e. The first-order chi connectivity index (χ1) is 7.50. The van der Waals surface area contributed by atoms with Gasteiger partial charge in [-0.15, -0.1) is 0 Å². The van der Waals surface area contributed by atoms with Crippen molar-refractivity contribution < 1.29 is 4.79 Å². The van der Waals surface area contributed by atoms with Crippen LogP contribution < -0.4 is 10.6 Å². The Morgan fingerprint density at radius 2 is 2.25 bits per heavy atom. The molecule has 3 unspecified atom stereocenters. The molecule has 16 heavy (non-hydrogen) atoms. The molecule has 1 saturated heterocycles. The highest BCUT2D eigenvalue weighted by Crippen LogP contribution is 2.14. The molecule has 1 aliphatic heterocycles. The highest BCUT2D eigenvalue weighted by molar-refractivity contribution is 5.82. The van der Waals surface area contributed by atoms with Gasteiger partial charge in [0.25, 0.3) is 0 Å². The van der Waals surface area contributed by atoms with Crippen molar-refractivity contribution in [3.8, 4) is 0 Å². The Labute approximate surface area is 98.8 Å². The second kappa shape index (κ2) is 6.21. The fraction of sp³-hybridized carbons (Fsp3) is 0.917. The van der Waals surface area contributed by atoms with Crippen molar-refractivity contribution in [2.75, 3.05) is 27.2 Å². The minimum Gasteiger partial charge on any atom is -0.352 e.